The molecule has 0 fully saturated rings. The smallest absolute Gasteiger partial charge is 0.136 e. The van der Waals surface area contributed by atoms with E-state index in [1.165, 1.54) is 0 Å². The van der Waals surface area contributed by atoms with E-state index >= 15 is 0 Å². The second-order valence-electron chi connectivity index (χ2n) is 1.87. The number of carbonyl (C=O) groups is 1. The minimum Gasteiger partial charge on any atom is -0.322 e. The monoisotopic (exact) mass is 133 g/mol. The van der Waals surface area contributed by atoms with E-state index in [1.807, 2.05) is 6.92 Å². The summed E-state index contributed by atoms with van der Waals surface area (Å²) in [7, 11) is 0. The summed E-state index contributed by atoms with van der Waals surface area (Å²) in [6.07, 6.45) is 0.751. The van der Waals surface area contributed by atoms with E-state index in [4.69, 9.17) is 5.73 Å². The van der Waals surface area contributed by atoms with Gasteiger partial charge in [-0.1, -0.05) is 6.92 Å². The molecule has 0 saturated heterocycles. The van der Waals surface area contributed by atoms with Crippen molar-refractivity contribution < 1.29 is 4.79 Å². The van der Waals surface area contributed by atoms with Crippen molar-refractivity contribution in [2.75, 3.05) is 5.75 Å². The Morgan fingerprint density at radius 2 is 2.38 bits per heavy atom. The van der Waals surface area contributed by atoms with Gasteiger partial charge in [0.25, 0.3) is 0 Å². The van der Waals surface area contributed by atoms with Crippen LogP contribution in [0.1, 0.15) is 6.92 Å². The van der Waals surface area contributed by atoms with Crippen LogP contribution in [0, 0.1) is 5.92 Å². The van der Waals surface area contributed by atoms with Crippen molar-refractivity contribution in [1.29, 1.82) is 0 Å². The van der Waals surface area contributed by atoms with Gasteiger partial charge in [0.05, 0.1) is 6.04 Å². The van der Waals surface area contributed by atoms with Crippen molar-refractivity contribution in [3.63, 3.8) is 0 Å². The molecule has 0 aromatic heterocycles. The minimum absolute atomic E-state index is 0.191. The zero-order valence-corrected chi connectivity index (χ0v) is 5.77. The highest BCUT2D eigenvalue weighted by Crippen LogP contribution is 1.98. The maximum absolute atomic E-state index is 9.95. The van der Waals surface area contributed by atoms with Gasteiger partial charge < -0.3 is 10.5 Å². The maximum atomic E-state index is 9.95. The third kappa shape index (κ3) is 2.33. The van der Waals surface area contributed by atoms with Crippen molar-refractivity contribution in [3.8, 4) is 0 Å². The highest BCUT2D eigenvalue weighted by Gasteiger charge is 2.07. The van der Waals surface area contributed by atoms with Gasteiger partial charge in [0.2, 0.25) is 0 Å². The predicted molar refractivity (Wildman–Crippen MR) is 37.1 cm³/mol. The summed E-state index contributed by atoms with van der Waals surface area (Å²) in [6, 6.07) is -0.340. The molecule has 0 aliphatic heterocycles. The lowest BCUT2D eigenvalue weighted by Gasteiger charge is -2.08. The topological polar surface area (TPSA) is 43.1 Å². The summed E-state index contributed by atoms with van der Waals surface area (Å²) < 4.78 is 0. The van der Waals surface area contributed by atoms with Gasteiger partial charge in [0, 0.05) is 0 Å². The molecule has 0 rings (SSSR count). The number of hydrogen-bond acceptors (Lipinski definition) is 3. The average molecular weight is 133 g/mol. The molecule has 1 unspecified atom stereocenters. The fourth-order valence-electron chi connectivity index (χ4n) is 0.256. The number of nitrogens with two attached hydrogens (primary N) is 1. The Balaban J connectivity index is 3.44. The van der Waals surface area contributed by atoms with Gasteiger partial charge >= 0.3 is 0 Å². The van der Waals surface area contributed by atoms with E-state index in [2.05, 4.69) is 12.6 Å². The molecule has 0 aliphatic rings. The number of thiol groups is 1. The van der Waals surface area contributed by atoms with Crippen LogP contribution in [0.2, 0.25) is 0 Å². The van der Waals surface area contributed by atoms with Gasteiger partial charge in [0.15, 0.2) is 0 Å². The summed E-state index contributed by atoms with van der Waals surface area (Å²) in [5.74, 6) is 0.857. The van der Waals surface area contributed by atoms with E-state index in [1.54, 1.807) is 0 Å². The maximum Gasteiger partial charge on any atom is 0.136 e. The van der Waals surface area contributed by atoms with Crippen molar-refractivity contribution in [2.45, 2.75) is 13.0 Å². The molecule has 0 aromatic carbocycles. The van der Waals surface area contributed by atoms with Crippen LogP contribution < -0.4 is 5.73 Å². The first kappa shape index (κ1) is 7.98. The van der Waals surface area contributed by atoms with E-state index < -0.39 is 0 Å². The fourth-order valence-corrected chi connectivity index (χ4v) is 0.499. The van der Waals surface area contributed by atoms with Gasteiger partial charge in [-0.3, -0.25) is 0 Å². The van der Waals surface area contributed by atoms with Gasteiger partial charge in [-0.15, -0.1) is 0 Å². The van der Waals surface area contributed by atoms with Gasteiger partial charge in [0.1, 0.15) is 6.29 Å². The molecule has 48 valence electrons. The second kappa shape index (κ2) is 3.92. The second-order valence-corrected chi connectivity index (χ2v) is 2.24. The Morgan fingerprint density at radius 1 is 1.88 bits per heavy atom. The first-order valence-corrected chi connectivity index (χ1v) is 3.17. The molecule has 0 heterocycles. The van der Waals surface area contributed by atoms with Crippen LogP contribution in [0.25, 0.3) is 0 Å². The van der Waals surface area contributed by atoms with Gasteiger partial charge in [-0.05, 0) is 11.7 Å². The van der Waals surface area contributed by atoms with Gasteiger partial charge in [-0.25, -0.2) is 0 Å². The largest absolute Gasteiger partial charge is 0.322 e. The summed E-state index contributed by atoms with van der Waals surface area (Å²) in [6.45, 7) is 1.89. The molecule has 8 heavy (non-hydrogen) atoms. The summed E-state index contributed by atoms with van der Waals surface area (Å²) in [4.78, 5) is 9.95. The lowest BCUT2D eigenvalue weighted by atomic mass is 10.1. The van der Waals surface area contributed by atoms with E-state index in [-0.39, 0.29) is 12.0 Å². The first-order valence-electron chi connectivity index (χ1n) is 2.54. The molecule has 3 heteroatoms. The van der Waals surface area contributed by atoms with E-state index in [0.29, 0.717) is 5.75 Å². The number of carbonyl (C=O) groups excluding carboxylic acids is 1. The molecule has 2 atom stereocenters. The molecule has 0 amide bonds. The molecule has 0 spiro atoms. The molecular weight excluding hydrogens is 122 g/mol. The Morgan fingerprint density at radius 3 is 2.50 bits per heavy atom. The van der Waals surface area contributed by atoms with Crippen LogP contribution in [0.3, 0.4) is 0 Å². The molecule has 0 aromatic rings. The molecule has 0 aliphatic carbocycles. The van der Waals surface area contributed by atoms with Crippen molar-refractivity contribution in [2.24, 2.45) is 11.7 Å². The number of rotatable bonds is 3. The summed E-state index contributed by atoms with van der Waals surface area (Å²) >= 11 is 3.97. The third-order valence-corrected chi connectivity index (χ3v) is 1.68. The zero-order chi connectivity index (χ0) is 6.57. The van der Waals surface area contributed by atoms with Gasteiger partial charge in [-0.2, -0.15) is 12.6 Å². The molecule has 0 bridgehead atoms. The molecule has 0 radical (unpaired) electrons. The highest BCUT2D eigenvalue weighted by molar-refractivity contribution is 7.80. The Hall–Kier alpha value is -0.0200. The third-order valence-electron chi connectivity index (χ3n) is 1.10. The molecule has 2 N–H and O–H groups in total. The Labute approximate surface area is 54.9 Å². The van der Waals surface area contributed by atoms with Crippen LogP contribution in [0.4, 0.5) is 0 Å². The van der Waals surface area contributed by atoms with Crippen LogP contribution in [-0.4, -0.2) is 18.1 Å². The SMILES string of the molecule is CC(CS)[C@H](N)C=O. The van der Waals surface area contributed by atoms with Crippen molar-refractivity contribution in [3.05, 3.63) is 0 Å². The fraction of sp³-hybridized carbons (Fsp3) is 0.800. The average Bonchev–Trinajstić information content (AvgIpc) is 1.84. The lowest BCUT2D eigenvalue weighted by molar-refractivity contribution is -0.109. The predicted octanol–water partition coefficient (Wildman–Crippen LogP) is 0.0785. The van der Waals surface area contributed by atoms with Crippen LogP contribution in [-0.2, 0) is 4.79 Å². The summed E-state index contributed by atoms with van der Waals surface area (Å²) in [5, 5.41) is 0. The van der Waals surface area contributed by atoms with Crippen LogP contribution >= 0.6 is 12.6 Å². The molecule has 2 nitrogen and oxygen atoms in total. The van der Waals surface area contributed by atoms with Crippen LogP contribution in [0.15, 0.2) is 0 Å². The summed E-state index contributed by atoms with van der Waals surface area (Å²) in [5.41, 5.74) is 5.31. The normalized spacial score (nSPS) is 17.4. The lowest BCUT2D eigenvalue weighted by Crippen LogP contribution is -2.30. The molecular formula is C5H11NOS. The zero-order valence-electron chi connectivity index (χ0n) is 4.87. The standard InChI is InChI=1S/C5H11NOS/c1-4(3-8)5(6)2-7/h2,4-5,8H,3,6H2,1H3/t4?,5-/m1/s1. The first-order chi connectivity index (χ1) is 3.72. The number of hydrogen-bond donors (Lipinski definition) is 2. The van der Waals surface area contributed by atoms with Crippen molar-refractivity contribution in [1.82, 2.24) is 0 Å². The Kier molecular flexibility index (Phi) is 3.91. The number of aldehydes is 1. The molecule has 0 saturated carbocycles. The van der Waals surface area contributed by atoms with Crippen LogP contribution in [0.5, 0.6) is 0 Å². The minimum atomic E-state index is -0.340. The van der Waals surface area contributed by atoms with Crippen molar-refractivity contribution >= 4 is 18.9 Å². The van der Waals surface area contributed by atoms with E-state index in [9.17, 15) is 4.79 Å². The van der Waals surface area contributed by atoms with E-state index in [0.717, 1.165) is 6.29 Å². The quantitative estimate of drug-likeness (QED) is 0.423. The highest BCUT2D eigenvalue weighted by atomic mass is 32.1. The Bertz CT molecular complexity index is 76.8.